The van der Waals surface area contributed by atoms with Crippen molar-refractivity contribution >= 4 is 11.3 Å². The van der Waals surface area contributed by atoms with Crippen LogP contribution in [-0.2, 0) is 6.42 Å². The highest BCUT2D eigenvalue weighted by atomic mass is 32.1. The third kappa shape index (κ3) is 3.03. The minimum atomic E-state index is 0.0483. The molecule has 2 aromatic rings. The first-order chi connectivity index (χ1) is 8.33. The lowest BCUT2D eigenvalue weighted by Gasteiger charge is -2.15. The number of thiophene rings is 1. The molecule has 2 aromatic heterocycles. The van der Waals surface area contributed by atoms with Gasteiger partial charge < -0.3 is 4.74 Å². The normalized spacial score (nSPS) is 12.4. The van der Waals surface area contributed by atoms with Crippen molar-refractivity contribution in [1.82, 2.24) is 10.4 Å². The number of hydrazine groups is 1. The van der Waals surface area contributed by atoms with Crippen molar-refractivity contribution < 1.29 is 4.74 Å². The second-order valence-corrected chi connectivity index (χ2v) is 4.49. The van der Waals surface area contributed by atoms with Crippen LogP contribution in [0.2, 0.25) is 0 Å². The fourth-order valence-corrected chi connectivity index (χ4v) is 2.34. The second-order valence-electron chi connectivity index (χ2n) is 3.71. The van der Waals surface area contributed by atoms with Crippen molar-refractivity contribution in [2.75, 3.05) is 7.11 Å². The molecule has 90 valence electrons. The van der Waals surface area contributed by atoms with Gasteiger partial charge in [0.2, 0.25) is 0 Å². The molecule has 2 rings (SSSR count). The van der Waals surface area contributed by atoms with Crippen LogP contribution in [0.4, 0.5) is 0 Å². The van der Waals surface area contributed by atoms with Crippen LogP contribution in [0.1, 0.15) is 17.2 Å². The van der Waals surface area contributed by atoms with Crippen LogP contribution in [0.5, 0.6) is 5.75 Å². The van der Waals surface area contributed by atoms with Crippen molar-refractivity contribution in [3.63, 3.8) is 0 Å². The van der Waals surface area contributed by atoms with Crippen molar-refractivity contribution in [3.05, 3.63) is 46.4 Å². The predicted octanol–water partition coefficient (Wildman–Crippen LogP) is 1.90. The molecule has 0 spiro atoms. The van der Waals surface area contributed by atoms with Gasteiger partial charge >= 0.3 is 0 Å². The number of methoxy groups -OCH3 is 1. The number of nitrogens with zero attached hydrogens (tertiary/aromatic N) is 1. The van der Waals surface area contributed by atoms with Crippen LogP contribution in [-0.4, -0.2) is 12.1 Å². The van der Waals surface area contributed by atoms with Gasteiger partial charge in [0, 0.05) is 6.20 Å². The summed E-state index contributed by atoms with van der Waals surface area (Å²) in [5.41, 5.74) is 5.11. The highest BCUT2D eigenvalue weighted by Crippen LogP contribution is 2.21. The van der Waals surface area contributed by atoms with E-state index in [0.717, 1.165) is 17.7 Å². The zero-order chi connectivity index (χ0) is 12.1. The average Bonchev–Trinajstić information content (AvgIpc) is 2.89. The number of nitrogens with two attached hydrogens (primary N) is 1. The van der Waals surface area contributed by atoms with Gasteiger partial charge in [0.05, 0.1) is 19.3 Å². The van der Waals surface area contributed by atoms with Gasteiger partial charge in [0.25, 0.3) is 0 Å². The van der Waals surface area contributed by atoms with E-state index >= 15 is 0 Å². The molecule has 3 N–H and O–H groups in total. The van der Waals surface area contributed by atoms with Crippen molar-refractivity contribution in [3.8, 4) is 5.75 Å². The summed E-state index contributed by atoms with van der Waals surface area (Å²) in [6.45, 7) is 0. The Hall–Kier alpha value is -1.43. The maximum atomic E-state index is 5.60. The first kappa shape index (κ1) is 12.0. The van der Waals surface area contributed by atoms with Gasteiger partial charge in [-0.15, -0.1) is 0 Å². The monoisotopic (exact) mass is 249 g/mol. The van der Waals surface area contributed by atoms with Gasteiger partial charge in [-0.3, -0.25) is 16.3 Å². The molecule has 0 fully saturated rings. The Bertz CT molecular complexity index is 459. The molecule has 4 nitrogen and oxygen atoms in total. The molecule has 1 unspecified atom stereocenters. The summed E-state index contributed by atoms with van der Waals surface area (Å²) in [4.78, 5) is 4.14. The van der Waals surface area contributed by atoms with E-state index in [4.69, 9.17) is 10.6 Å². The van der Waals surface area contributed by atoms with Gasteiger partial charge in [-0.05, 0) is 40.4 Å². The zero-order valence-corrected chi connectivity index (χ0v) is 10.4. The van der Waals surface area contributed by atoms with E-state index in [1.165, 1.54) is 5.56 Å². The molecule has 17 heavy (non-hydrogen) atoms. The van der Waals surface area contributed by atoms with E-state index in [1.54, 1.807) is 30.8 Å². The Morgan fingerprint density at radius 2 is 2.41 bits per heavy atom. The largest absolute Gasteiger partial charge is 0.495 e. The van der Waals surface area contributed by atoms with E-state index < -0.39 is 0 Å². The van der Waals surface area contributed by atoms with Crippen molar-refractivity contribution in [2.24, 2.45) is 5.84 Å². The summed E-state index contributed by atoms with van der Waals surface area (Å²) in [6.07, 6.45) is 4.33. The first-order valence-electron chi connectivity index (χ1n) is 5.29. The fourth-order valence-electron chi connectivity index (χ4n) is 1.66. The van der Waals surface area contributed by atoms with Crippen LogP contribution in [0.25, 0.3) is 0 Å². The molecule has 0 saturated heterocycles. The van der Waals surface area contributed by atoms with Crippen LogP contribution in [0.15, 0.2) is 35.3 Å². The van der Waals surface area contributed by atoms with Gasteiger partial charge in [-0.2, -0.15) is 11.3 Å². The minimum Gasteiger partial charge on any atom is -0.495 e. The first-order valence-corrected chi connectivity index (χ1v) is 6.24. The maximum Gasteiger partial charge on any atom is 0.137 e. The summed E-state index contributed by atoms with van der Waals surface area (Å²) < 4.78 is 5.16. The topological polar surface area (TPSA) is 60.2 Å². The number of aromatic nitrogens is 1. The van der Waals surface area contributed by atoms with Gasteiger partial charge in [0.15, 0.2) is 0 Å². The Balaban J connectivity index is 2.16. The van der Waals surface area contributed by atoms with Crippen LogP contribution in [0, 0.1) is 0 Å². The molecule has 0 aliphatic carbocycles. The number of hydrogen-bond donors (Lipinski definition) is 2. The quantitative estimate of drug-likeness (QED) is 0.627. The van der Waals surface area contributed by atoms with E-state index in [1.807, 2.05) is 6.07 Å². The molecule has 0 bridgehead atoms. The van der Waals surface area contributed by atoms with Crippen molar-refractivity contribution in [2.45, 2.75) is 12.5 Å². The molecule has 0 aromatic carbocycles. The summed E-state index contributed by atoms with van der Waals surface area (Å²) in [5, 5.41) is 4.19. The van der Waals surface area contributed by atoms with Crippen LogP contribution < -0.4 is 16.0 Å². The average molecular weight is 249 g/mol. The third-order valence-electron chi connectivity index (χ3n) is 2.59. The summed E-state index contributed by atoms with van der Waals surface area (Å²) in [7, 11) is 1.63. The second kappa shape index (κ2) is 5.77. The fraction of sp³-hybridized carbons (Fsp3) is 0.250. The molecule has 0 saturated carbocycles. The molecule has 0 radical (unpaired) electrons. The van der Waals surface area contributed by atoms with E-state index in [9.17, 15) is 0 Å². The molecule has 0 aliphatic rings. The van der Waals surface area contributed by atoms with E-state index in [0.29, 0.717) is 0 Å². The standard InChI is InChI=1S/C12H15N3OS/c1-16-11-5-10(6-14-7-11)12(15-13)4-9-2-3-17-8-9/h2-3,5-8,12,15H,4,13H2,1H3. The smallest absolute Gasteiger partial charge is 0.137 e. The molecular weight excluding hydrogens is 234 g/mol. The Morgan fingerprint density at radius 1 is 1.53 bits per heavy atom. The molecule has 1 atom stereocenters. The SMILES string of the molecule is COc1cncc(C(Cc2ccsc2)NN)c1. The lowest BCUT2D eigenvalue weighted by molar-refractivity contribution is 0.410. The number of nitrogens with one attached hydrogen (secondary N) is 1. The molecule has 0 amide bonds. The summed E-state index contributed by atoms with van der Waals surface area (Å²) in [6, 6.07) is 4.10. The minimum absolute atomic E-state index is 0.0483. The number of hydrogen-bond acceptors (Lipinski definition) is 5. The molecule has 2 heterocycles. The number of ether oxygens (including phenoxy) is 1. The van der Waals surface area contributed by atoms with Crippen molar-refractivity contribution in [1.29, 1.82) is 0 Å². The van der Waals surface area contributed by atoms with Crippen LogP contribution >= 0.6 is 11.3 Å². The Labute approximate surface area is 104 Å². The Kier molecular flexibility index (Phi) is 4.08. The van der Waals surface area contributed by atoms with Gasteiger partial charge in [-0.25, -0.2) is 0 Å². The van der Waals surface area contributed by atoms with E-state index in [-0.39, 0.29) is 6.04 Å². The summed E-state index contributed by atoms with van der Waals surface area (Å²) >= 11 is 1.69. The number of rotatable bonds is 5. The van der Waals surface area contributed by atoms with E-state index in [2.05, 4.69) is 27.2 Å². The van der Waals surface area contributed by atoms with Crippen LogP contribution in [0.3, 0.4) is 0 Å². The van der Waals surface area contributed by atoms with Gasteiger partial charge in [0.1, 0.15) is 5.75 Å². The Morgan fingerprint density at radius 3 is 3.06 bits per heavy atom. The molecular formula is C12H15N3OS. The predicted molar refractivity (Wildman–Crippen MR) is 68.9 cm³/mol. The maximum absolute atomic E-state index is 5.60. The zero-order valence-electron chi connectivity index (χ0n) is 9.59. The van der Waals surface area contributed by atoms with Gasteiger partial charge in [-0.1, -0.05) is 0 Å². The summed E-state index contributed by atoms with van der Waals surface area (Å²) in [5.74, 6) is 6.34. The molecule has 5 heteroatoms. The number of pyridine rings is 1. The third-order valence-corrected chi connectivity index (χ3v) is 3.33. The highest BCUT2D eigenvalue weighted by Gasteiger charge is 2.12. The lowest BCUT2D eigenvalue weighted by atomic mass is 10.0. The lowest BCUT2D eigenvalue weighted by Crippen LogP contribution is -2.29. The molecule has 0 aliphatic heterocycles. The highest BCUT2D eigenvalue weighted by molar-refractivity contribution is 7.07.